The van der Waals surface area contributed by atoms with E-state index >= 15 is 0 Å². The molecule has 0 aliphatic carbocycles. The lowest BCUT2D eigenvalue weighted by atomic mass is 9.88. The Morgan fingerprint density at radius 1 is 1.09 bits per heavy atom. The Bertz CT molecular complexity index is 159. The molecule has 2 amide bonds. The van der Waals surface area contributed by atoms with Crippen LogP contribution in [0.1, 0.15) is 0 Å². The molecule has 0 atom stereocenters. The number of nitrogens with two attached hydrogens (primary N) is 2. The lowest BCUT2D eigenvalue weighted by Crippen LogP contribution is -2.52. The van der Waals surface area contributed by atoms with Crippen molar-refractivity contribution in [2.24, 2.45) is 16.9 Å². The Balaban J connectivity index is 4.76. The lowest BCUT2D eigenvalue weighted by Gasteiger charge is -2.21. The Morgan fingerprint density at radius 2 is 1.36 bits per heavy atom. The second-order valence-corrected chi connectivity index (χ2v) is 2.13. The number of amides is 2. The summed E-state index contributed by atoms with van der Waals surface area (Å²) in [6.07, 6.45) is 0. The first-order valence-electron chi connectivity index (χ1n) is 2.83. The number of aliphatic hydroxyl groups excluding tert-OH is 2. The van der Waals surface area contributed by atoms with Crippen molar-refractivity contribution < 1.29 is 19.8 Å². The second kappa shape index (κ2) is 3.31. The number of carbonyl (C=O) groups excluding carboxylic acids is 2. The van der Waals surface area contributed by atoms with E-state index in [1.54, 1.807) is 0 Å². The number of aliphatic hydroxyl groups is 2. The number of primary amides is 2. The van der Waals surface area contributed by atoms with Crippen molar-refractivity contribution in [1.29, 1.82) is 0 Å². The second-order valence-electron chi connectivity index (χ2n) is 2.13. The molecule has 6 N–H and O–H groups in total. The number of hydrogen-bond donors (Lipinski definition) is 4. The highest BCUT2D eigenvalue weighted by molar-refractivity contribution is 6.04. The van der Waals surface area contributed by atoms with E-state index < -0.39 is 30.4 Å². The van der Waals surface area contributed by atoms with Crippen molar-refractivity contribution in [2.75, 3.05) is 13.2 Å². The quantitative estimate of drug-likeness (QED) is 0.327. The van der Waals surface area contributed by atoms with Crippen LogP contribution < -0.4 is 11.5 Å². The third kappa shape index (κ3) is 1.47. The summed E-state index contributed by atoms with van der Waals surface area (Å²) in [5, 5.41) is 17.1. The average molecular weight is 162 g/mol. The van der Waals surface area contributed by atoms with Crippen LogP contribution in [-0.2, 0) is 9.59 Å². The van der Waals surface area contributed by atoms with Crippen LogP contribution in [0.4, 0.5) is 0 Å². The first kappa shape index (κ1) is 9.86. The van der Waals surface area contributed by atoms with Gasteiger partial charge in [0.2, 0.25) is 11.8 Å². The third-order valence-corrected chi connectivity index (χ3v) is 1.48. The number of carbonyl (C=O) groups is 2. The van der Waals surface area contributed by atoms with Gasteiger partial charge in [0.15, 0.2) is 5.41 Å². The molecule has 0 fully saturated rings. The van der Waals surface area contributed by atoms with Gasteiger partial charge < -0.3 is 21.7 Å². The normalized spacial score (nSPS) is 11.1. The van der Waals surface area contributed by atoms with Crippen molar-refractivity contribution in [3.05, 3.63) is 0 Å². The highest BCUT2D eigenvalue weighted by Crippen LogP contribution is 2.13. The smallest absolute Gasteiger partial charge is 0.237 e. The van der Waals surface area contributed by atoms with E-state index in [4.69, 9.17) is 21.7 Å². The highest BCUT2D eigenvalue weighted by Gasteiger charge is 2.41. The van der Waals surface area contributed by atoms with Gasteiger partial charge in [0.05, 0.1) is 13.2 Å². The SMILES string of the molecule is NC(=O)C(CO)(CO)C(N)=O. The van der Waals surface area contributed by atoms with E-state index in [-0.39, 0.29) is 0 Å². The van der Waals surface area contributed by atoms with E-state index in [0.717, 1.165) is 0 Å². The van der Waals surface area contributed by atoms with Crippen molar-refractivity contribution in [3.8, 4) is 0 Å². The molecule has 0 saturated heterocycles. The van der Waals surface area contributed by atoms with Crippen LogP contribution in [0.2, 0.25) is 0 Å². The summed E-state index contributed by atoms with van der Waals surface area (Å²) >= 11 is 0. The largest absolute Gasteiger partial charge is 0.395 e. The molecule has 0 rings (SSSR count). The molecule has 0 spiro atoms. The van der Waals surface area contributed by atoms with Crippen molar-refractivity contribution >= 4 is 11.8 Å². The Hall–Kier alpha value is -1.14. The molecule has 0 aromatic rings. The number of hydrogen-bond acceptors (Lipinski definition) is 4. The van der Waals surface area contributed by atoms with Crippen LogP contribution in [-0.4, -0.2) is 35.2 Å². The van der Waals surface area contributed by atoms with E-state index in [2.05, 4.69) is 0 Å². The van der Waals surface area contributed by atoms with Gasteiger partial charge in [-0.2, -0.15) is 0 Å². The summed E-state index contributed by atoms with van der Waals surface area (Å²) in [6, 6.07) is 0. The summed E-state index contributed by atoms with van der Waals surface area (Å²) < 4.78 is 0. The molecule has 0 radical (unpaired) electrons. The molecule has 0 saturated carbocycles. The molecule has 0 unspecified atom stereocenters. The van der Waals surface area contributed by atoms with E-state index in [1.807, 2.05) is 0 Å². The zero-order valence-electron chi connectivity index (χ0n) is 5.78. The van der Waals surface area contributed by atoms with E-state index in [1.165, 1.54) is 0 Å². The zero-order chi connectivity index (χ0) is 9.07. The van der Waals surface area contributed by atoms with Gasteiger partial charge in [-0.1, -0.05) is 0 Å². The van der Waals surface area contributed by atoms with Gasteiger partial charge in [-0.15, -0.1) is 0 Å². The van der Waals surface area contributed by atoms with Crippen LogP contribution >= 0.6 is 0 Å². The minimum atomic E-state index is -2.03. The van der Waals surface area contributed by atoms with Crippen molar-refractivity contribution in [2.45, 2.75) is 0 Å². The molecule has 0 aromatic heterocycles. The molecular weight excluding hydrogens is 152 g/mol. The van der Waals surface area contributed by atoms with Crippen LogP contribution in [0, 0.1) is 5.41 Å². The molecule has 0 heterocycles. The molecule has 0 aliphatic rings. The molecule has 0 aliphatic heterocycles. The molecule has 6 heteroatoms. The molecule has 0 bridgehead atoms. The van der Waals surface area contributed by atoms with Gasteiger partial charge in [-0.3, -0.25) is 9.59 Å². The van der Waals surface area contributed by atoms with Gasteiger partial charge in [0.25, 0.3) is 0 Å². The van der Waals surface area contributed by atoms with E-state index in [9.17, 15) is 9.59 Å². The van der Waals surface area contributed by atoms with Crippen molar-refractivity contribution in [1.82, 2.24) is 0 Å². The molecule has 64 valence electrons. The van der Waals surface area contributed by atoms with Gasteiger partial charge >= 0.3 is 0 Å². The Kier molecular flexibility index (Phi) is 2.97. The molecular formula is C5H10N2O4. The summed E-state index contributed by atoms with van der Waals surface area (Å²) in [7, 11) is 0. The monoisotopic (exact) mass is 162 g/mol. The van der Waals surface area contributed by atoms with Crippen LogP contribution in [0.5, 0.6) is 0 Å². The summed E-state index contributed by atoms with van der Waals surface area (Å²) in [5.41, 5.74) is 7.44. The maximum atomic E-state index is 10.5. The van der Waals surface area contributed by atoms with E-state index in [0.29, 0.717) is 0 Å². The predicted molar refractivity (Wildman–Crippen MR) is 35.0 cm³/mol. The van der Waals surface area contributed by atoms with Gasteiger partial charge in [0, 0.05) is 0 Å². The molecule has 11 heavy (non-hydrogen) atoms. The summed E-state index contributed by atoms with van der Waals surface area (Å²) in [4.78, 5) is 21.1. The van der Waals surface area contributed by atoms with Gasteiger partial charge in [0.1, 0.15) is 0 Å². The fourth-order valence-electron chi connectivity index (χ4n) is 0.483. The maximum absolute atomic E-state index is 10.5. The fraction of sp³-hybridized carbons (Fsp3) is 0.600. The lowest BCUT2D eigenvalue weighted by molar-refractivity contribution is -0.145. The minimum absolute atomic E-state index is 0.881. The van der Waals surface area contributed by atoms with Gasteiger partial charge in [-0.25, -0.2) is 0 Å². The maximum Gasteiger partial charge on any atom is 0.237 e. The predicted octanol–water partition coefficient (Wildman–Crippen LogP) is -3.07. The fourth-order valence-corrected chi connectivity index (χ4v) is 0.483. The highest BCUT2D eigenvalue weighted by atomic mass is 16.3. The average Bonchev–Trinajstić information content (AvgIpc) is 1.90. The standard InChI is InChI=1S/C5H10N2O4/c6-3(10)5(1-8,2-9)4(7)11/h8-9H,1-2H2,(H2,6,10)(H2,7,11). The van der Waals surface area contributed by atoms with Gasteiger partial charge in [-0.05, 0) is 0 Å². The summed E-state index contributed by atoms with van der Waals surface area (Å²) in [5.74, 6) is -2.26. The minimum Gasteiger partial charge on any atom is -0.395 e. The topological polar surface area (TPSA) is 127 Å². The third-order valence-electron chi connectivity index (χ3n) is 1.48. The Labute approximate surface area is 62.8 Å². The summed E-state index contributed by atoms with van der Waals surface area (Å²) in [6.45, 7) is -1.76. The molecule has 6 nitrogen and oxygen atoms in total. The molecule has 0 aromatic carbocycles. The first-order chi connectivity index (χ1) is 5.01. The Morgan fingerprint density at radius 3 is 1.36 bits per heavy atom. The van der Waals surface area contributed by atoms with Crippen LogP contribution in [0.15, 0.2) is 0 Å². The van der Waals surface area contributed by atoms with Crippen LogP contribution in [0.3, 0.4) is 0 Å². The zero-order valence-corrected chi connectivity index (χ0v) is 5.78. The first-order valence-corrected chi connectivity index (χ1v) is 2.83. The van der Waals surface area contributed by atoms with Crippen LogP contribution in [0.25, 0.3) is 0 Å². The number of rotatable bonds is 4. The van der Waals surface area contributed by atoms with Crippen molar-refractivity contribution in [3.63, 3.8) is 0 Å².